The second-order valence-electron chi connectivity index (χ2n) is 3.51. The summed E-state index contributed by atoms with van der Waals surface area (Å²) in [7, 11) is 0. The van der Waals surface area contributed by atoms with Gasteiger partial charge in [0.2, 0.25) is 5.91 Å². The molecule has 0 bridgehead atoms. The Morgan fingerprint density at radius 1 is 1.67 bits per heavy atom. The standard InChI is InChI=1S/C11H17N3O/c1-2-10(12)6-11(15)14-8-9-4-3-5-13-7-9/h3-5,7,10H,2,6,8,12H2,1H3,(H,14,15). The van der Waals surface area contributed by atoms with E-state index in [2.05, 4.69) is 10.3 Å². The number of amides is 1. The van der Waals surface area contributed by atoms with Crippen molar-refractivity contribution in [2.45, 2.75) is 32.4 Å². The van der Waals surface area contributed by atoms with Gasteiger partial charge in [0, 0.05) is 31.4 Å². The molecule has 1 aromatic heterocycles. The van der Waals surface area contributed by atoms with Gasteiger partial charge in [0.15, 0.2) is 0 Å². The average Bonchev–Trinajstić information content (AvgIpc) is 2.27. The number of nitrogens with one attached hydrogen (secondary N) is 1. The van der Waals surface area contributed by atoms with Crippen molar-refractivity contribution in [3.63, 3.8) is 0 Å². The Morgan fingerprint density at radius 2 is 2.47 bits per heavy atom. The number of aromatic nitrogens is 1. The first-order valence-corrected chi connectivity index (χ1v) is 5.13. The summed E-state index contributed by atoms with van der Waals surface area (Å²) in [5.41, 5.74) is 6.67. The van der Waals surface area contributed by atoms with Gasteiger partial charge in [-0.2, -0.15) is 0 Å². The summed E-state index contributed by atoms with van der Waals surface area (Å²) in [5.74, 6) is -0.00629. The Balaban J connectivity index is 2.29. The molecular formula is C11H17N3O. The Hall–Kier alpha value is -1.42. The molecule has 4 heteroatoms. The Labute approximate surface area is 89.9 Å². The summed E-state index contributed by atoms with van der Waals surface area (Å²) < 4.78 is 0. The van der Waals surface area contributed by atoms with Crippen LogP contribution in [0.4, 0.5) is 0 Å². The van der Waals surface area contributed by atoms with Crippen LogP contribution < -0.4 is 11.1 Å². The minimum absolute atomic E-state index is 0.00629. The number of carbonyl (C=O) groups is 1. The van der Waals surface area contributed by atoms with Gasteiger partial charge in [-0.3, -0.25) is 9.78 Å². The van der Waals surface area contributed by atoms with E-state index in [0.29, 0.717) is 13.0 Å². The predicted molar refractivity (Wildman–Crippen MR) is 59.0 cm³/mol. The lowest BCUT2D eigenvalue weighted by molar-refractivity contribution is -0.121. The molecule has 1 heterocycles. The second kappa shape index (κ2) is 6.14. The maximum absolute atomic E-state index is 11.4. The molecule has 3 N–H and O–H groups in total. The summed E-state index contributed by atoms with van der Waals surface area (Å²) in [6.45, 7) is 2.49. The molecule has 1 rings (SSSR count). The Kier molecular flexibility index (Phi) is 4.77. The summed E-state index contributed by atoms with van der Waals surface area (Å²) >= 11 is 0. The molecule has 0 aromatic carbocycles. The molecule has 1 amide bonds. The van der Waals surface area contributed by atoms with E-state index in [1.54, 1.807) is 12.4 Å². The van der Waals surface area contributed by atoms with Crippen molar-refractivity contribution in [3.05, 3.63) is 30.1 Å². The molecule has 0 fully saturated rings. The van der Waals surface area contributed by atoms with E-state index in [-0.39, 0.29) is 11.9 Å². The maximum Gasteiger partial charge on any atom is 0.221 e. The molecular weight excluding hydrogens is 190 g/mol. The van der Waals surface area contributed by atoms with Gasteiger partial charge in [0.25, 0.3) is 0 Å². The van der Waals surface area contributed by atoms with E-state index in [9.17, 15) is 4.79 Å². The summed E-state index contributed by atoms with van der Waals surface area (Å²) in [6, 6.07) is 3.73. The van der Waals surface area contributed by atoms with Crippen LogP contribution in [-0.4, -0.2) is 16.9 Å². The van der Waals surface area contributed by atoms with Gasteiger partial charge in [-0.1, -0.05) is 13.0 Å². The molecule has 4 nitrogen and oxygen atoms in total. The lowest BCUT2D eigenvalue weighted by atomic mass is 10.1. The third-order valence-corrected chi connectivity index (χ3v) is 2.18. The van der Waals surface area contributed by atoms with Crippen LogP contribution in [0.2, 0.25) is 0 Å². The monoisotopic (exact) mass is 207 g/mol. The van der Waals surface area contributed by atoms with Gasteiger partial charge < -0.3 is 11.1 Å². The number of nitrogens with two attached hydrogens (primary N) is 1. The SMILES string of the molecule is CCC(N)CC(=O)NCc1cccnc1. The first-order valence-electron chi connectivity index (χ1n) is 5.13. The van der Waals surface area contributed by atoms with Gasteiger partial charge in [0.1, 0.15) is 0 Å². The van der Waals surface area contributed by atoms with Gasteiger partial charge >= 0.3 is 0 Å². The van der Waals surface area contributed by atoms with E-state index >= 15 is 0 Å². The van der Waals surface area contributed by atoms with Crippen LogP contribution in [0.3, 0.4) is 0 Å². The van der Waals surface area contributed by atoms with Crippen LogP contribution in [0.15, 0.2) is 24.5 Å². The summed E-state index contributed by atoms with van der Waals surface area (Å²) in [5, 5.41) is 2.81. The smallest absolute Gasteiger partial charge is 0.221 e. The van der Waals surface area contributed by atoms with Crippen LogP contribution >= 0.6 is 0 Å². The van der Waals surface area contributed by atoms with Gasteiger partial charge in [0.05, 0.1) is 0 Å². The summed E-state index contributed by atoms with van der Waals surface area (Å²) in [6.07, 6.45) is 4.65. The van der Waals surface area contributed by atoms with Crippen LogP contribution in [-0.2, 0) is 11.3 Å². The van der Waals surface area contributed by atoms with Crippen LogP contribution in [0, 0.1) is 0 Å². The van der Waals surface area contributed by atoms with Gasteiger partial charge in [-0.05, 0) is 18.1 Å². The zero-order valence-corrected chi connectivity index (χ0v) is 8.94. The van der Waals surface area contributed by atoms with Gasteiger partial charge in [-0.15, -0.1) is 0 Å². The topological polar surface area (TPSA) is 68.0 Å². The van der Waals surface area contributed by atoms with E-state index < -0.39 is 0 Å². The highest BCUT2D eigenvalue weighted by Crippen LogP contribution is 1.96. The van der Waals surface area contributed by atoms with Gasteiger partial charge in [-0.25, -0.2) is 0 Å². The lowest BCUT2D eigenvalue weighted by Crippen LogP contribution is -2.30. The summed E-state index contributed by atoms with van der Waals surface area (Å²) in [4.78, 5) is 15.3. The second-order valence-corrected chi connectivity index (χ2v) is 3.51. The molecule has 0 saturated carbocycles. The molecule has 1 aromatic rings. The highest BCUT2D eigenvalue weighted by Gasteiger charge is 2.06. The molecule has 0 saturated heterocycles. The van der Waals surface area contributed by atoms with E-state index in [4.69, 9.17) is 5.73 Å². The third-order valence-electron chi connectivity index (χ3n) is 2.18. The van der Waals surface area contributed by atoms with E-state index in [1.165, 1.54) is 0 Å². The molecule has 0 spiro atoms. The van der Waals surface area contributed by atoms with Crippen LogP contribution in [0.5, 0.6) is 0 Å². The normalized spacial score (nSPS) is 12.1. The highest BCUT2D eigenvalue weighted by molar-refractivity contribution is 5.76. The van der Waals surface area contributed by atoms with E-state index in [0.717, 1.165) is 12.0 Å². The Morgan fingerprint density at radius 3 is 3.07 bits per heavy atom. The van der Waals surface area contributed by atoms with Crippen molar-refractivity contribution in [1.82, 2.24) is 10.3 Å². The zero-order valence-electron chi connectivity index (χ0n) is 8.94. The van der Waals surface area contributed by atoms with Crippen LogP contribution in [0.1, 0.15) is 25.3 Å². The number of pyridine rings is 1. The first kappa shape index (κ1) is 11.7. The first-order chi connectivity index (χ1) is 7.22. The number of rotatable bonds is 5. The molecule has 82 valence electrons. The fourth-order valence-electron chi connectivity index (χ4n) is 1.16. The molecule has 0 radical (unpaired) electrons. The fourth-order valence-corrected chi connectivity index (χ4v) is 1.16. The molecule has 15 heavy (non-hydrogen) atoms. The molecule has 1 unspecified atom stereocenters. The van der Waals surface area contributed by atoms with Crippen molar-refractivity contribution in [3.8, 4) is 0 Å². The third kappa shape index (κ3) is 4.56. The average molecular weight is 207 g/mol. The largest absolute Gasteiger partial charge is 0.352 e. The van der Waals surface area contributed by atoms with Crippen molar-refractivity contribution >= 4 is 5.91 Å². The fraction of sp³-hybridized carbons (Fsp3) is 0.455. The zero-order chi connectivity index (χ0) is 11.1. The van der Waals surface area contributed by atoms with Crippen LogP contribution in [0.25, 0.3) is 0 Å². The molecule has 1 atom stereocenters. The quantitative estimate of drug-likeness (QED) is 0.751. The van der Waals surface area contributed by atoms with Crippen molar-refractivity contribution in [2.75, 3.05) is 0 Å². The number of hydrogen-bond donors (Lipinski definition) is 2. The van der Waals surface area contributed by atoms with Crippen molar-refractivity contribution in [2.24, 2.45) is 5.73 Å². The molecule has 0 aliphatic heterocycles. The van der Waals surface area contributed by atoms with Crippen molar-refractivity contribution < 1.29 is 4.79 Å². The van der Waals surface area contributed by atoms with Crippen molar-refractivity contribution in [1.29, 1.82) is 0 Å². The minimum atomic E-state index is -0.0427. The number of nitrogens with zero attached hydrogens (tertiary/aromatic N) is 1. The Bertz CT molecular complexity index is 300. The molecule has 0 aliphatic rings. The minimum Gasteiger partial charge on any atom is -0.352 e. The number of carbonyl (C=O) groups excluding carboxylic acids is 1. The number of hydrogen-bond acceptors (Lipinski definition) is 3. The molecule has 0 aliphatic carbocycles. The lowest BCUT2D eigenvalue weighted by Gasteiger charge is -2.08. The van der Waals surface area contributed by atoms with E-state index in [1.807, 2.05) is 19.1 Å². The predicted octanol–water partition coefficient (Wildman–Crippen LogP) is 0.825. The highest BCUT2D eigenvalue weighted by atomic mass is 16.1. The maximum atomic E-state index is 11.4.